The summed E-state index contributed by atoms with van der Waals surface area (Å²) in [6.45, 7) is 7.63. The second-order valence-electron chi connectivity index (χ2n) is 7.18. The van der Waals surface area contributed by atoms with Crippen LogP contribution in [0.2, 0.25) is 0 Å². The third-order valence-corrected chi connectivity index (χ3v) is 4.59. The Hall–Kier alpha value is -1.18. The molecule has 4 nitrogen and oxygen atoms in total. The molecule has 0 radical (unpaired) electrons. The van der Waals surface area contributed by atoms with Crippen molar-refractivity contribution in [1.29, 1.82) is 0 Å². The van der Waals surface area contributed by atoms with Crippen molar-refractivity contribution in [2.24, 2.45) is 0 Å². The van der Waals surface area contributed by atoms with Crippen LogP contribution in [0.15, 0.2) is 12.1 Å². The molecule has 0 amide bonds. The van der Waals surface area contributed by atoms with Crippen molar-refractivity contribution in [3.63, 3.8) is 0 Å². The van der Waals surface area contributed by atoms with E-state index in [1.54, 1.807) is 27.7 Å². The minimum absolute atomic E-state index is 0.144. The summed E-state index contributed by atoms with van der Waals surface area (Å²) in [5.74, 6) is -1.31. The first-order chi connectivity index (χ1) is 11.1. The highest BCUT2D eigenvalue weighted by Crippen LogP contribution is 2.25. The second kappa shape index (κ2) is 7.37. The maximum Gasteiger partial charge on any atom is 0.315 e. The standard InChI is InChI=1S/C17H25BF2O4/c1-16(2,21)17(3,4)24-18-15-13(19)8-12(9-14(15)20)23-11-6-5-7-22-10-11/h8-9,11,18,21H,5-7,10H2,1-4H3. The van der Waals surface area contributed by atoms with E-state index in [9.17, 15) is 13.9 Å². The first-order valence-corrected chi connectivity index (χ1v) is 8.19. The summed E-state index contributed by atoms with van der Waals surface area (Å²) in [5.41, 5.74) is -2.29. The molecule has 1 saturated heterocycles. The molecule has 0 saturated carbocycles. The Kier molecular flexibility index (Phi) is 5.89. The molecule has 134 valence electrons. The first-order valence-electron chi connectivity index (χ1n) is 8.19. The molecule has 1 aliphatic heterocycles. The summed E-state index contributed by atoms with van der Waals surface area (Å²) in [6, 6.07) is 2.32. The fraction of sp³-hybridized carbons (Fsp3) is 0.647. The van der Waals surface area contributed by atoms with Gasteiger partial charge in [-0.25, -0.2) is 8.78 Å². The summed E-state index contributed by atoms with van der Waals surface area (Å²) in [7, 11) is -0.276. The van der Waals surface area contributed by atoms with Gasteiger partial charge in [0.1, 0.15) is 23.5 Å². The van der Waals surface area contributed by atoms with Gasteiger partial charge in [0, 0.05) is 24.2 Å². The molecule has 7 heteroatoms. The van der Waals surface area contributed by atoms with Gasteiger partial charge in [-0.05, 0) is 40.5 Å². The van der Waals surface area contributed by atoms with E-state index in [-0.39, 0.29) is 24.8 Å². The minimum Gasteiger partial charge on any atom is -0.488 e. The molecule has 1 heterocycles. The van der Waals surface area contributed by atoms with Crippen LogP contribution < -0.4 is 10.2 Å². The Balaban J connectivity index is 2.06. The second-order valence-corrected chi connectivity index (χ2v) is 7.18. The molecule has 2 rings (SSSR count). The molecule has 1 fully saturated rings. The van der Waals surface area contributed by atoms with E-state index >= 15 is 0 Å². The van der Waals surface area contributed by atoms with Crippen molar-refractivity contribution in [2.45, 2.75) is 57.8 Å². The van der Waals surface area contributed by atoms with Crippen molar-refractivity contribution in [3.05, 3.63) is 23.8 Å². The van der Waals surface area contributed by atoms with Gasteiger partial charge in [0.05, 0.1) is 17.8 Å². The number of benzene rings is 1. The Morgan fingerprint density at radius 3 is 2.33 bits per heavy atom. The molecule has 1 atom stereocenters. The molecular weight excluding hydrogens is 317 g/mol. The van der Waals surface area contributed by atoms with Crippen molar-refractivity contribution < 1.29 is 28.0 Å². The van der Waals surface area contributed by atoms with Gasteiger partial charge in [0.25, 0.3) is 0 Å². The Bertz CT molecular complexity index is 543. The third-order valence-electron chi connectivity index (χ3n) is 4.59. The quantitative estimate of drug-likeness (QED) is 0.804. The summed E-state index contributed by atoms with van der Waals surface area (Å²) >= 11 is 0. The maximum absolute atomic E-state index is 14.2. The van der Waals surface area contributed by atoms with Crippen LogP contribution in [-0.4, -0.2) is 43.1 Å². The van der Waals surface area contributed by atoms with Crippen molar-refractivity contribution >= 4 is 12.9 Å². The summed E-state index contributed by atoms with van der Waals surface area (Å²) in [6.07, 6.45) is 1.48. The van der Waals surface area contributed by atoms with E-state index in [1.807, 2.05) is 0 Å². The Morgan fingerprint density at radius 1 is 1.21 bits per heavy atom. The fourth-order valence-corrected chi connectivity index (χ4v) is 2.21. The van der Waals surface area contributed by atoms with Crippen LogP contribution in [0.3, 0.4) is 0 Å². The van der Waals surface area contributed by atoms with Crippen LogP contribution >= 0.6 is 0 Å². The highest BCUT2D eigenvalue weighted by Gasteiger charge is 2.36. The minimum atomic E-state index is -1.15. The van der Waals surface area contributed by atoms with E-state index in [0.29, 0.717) is 13.2 Å². The number of hydrogen-bond acceptors (Lipinski definition) is 4. The Morgan fingerprint density at radius 2 is 1.83 bits per heavy atom. The fourth-order valence-electron chi connectivity index (χ4n) is 2.21. The molecule has 1 aromatic rings. The highest BCUT2D eigenvalue weighted by atomic mass is 19.1. The number of rotatable bonds is 6. The predicted octanol–water partition coefficient (Wildman–Crippen LogP) is 2.07. The zero-order chi connectivity index (χ0) is 18.0. The van der Waals surface area contributed by atoms with Crippen LogP contribution in [0.4, 0.5) is 8.78 Å². The SMILES string of the molecule is CC(C)(O)C(C)(C)OBc1c(F)cc(OC2CCCOC2)cc1F. The molecule has 0 bridgehead atoms. The van der Waals surface area contributed by atoms with Gasteiger partial charge in [-0.3, -0.25) is 0 Å². The van der Waals surface area contributed by atoms with E-state index in [1.165, 1.54) is 0 Å². The van der Waals surface area contributed by atoms with Gasteiger partial charge in [0.15, 0.2) is 0 Å². The van der Waals surface area contributed by atoms with E-state index in [2.05, 4.69) is 0 Å². The summed E-state index contributed by atoms with van der Waals surface area (Å²) in [4.78, 5) is 0. The monoisotopic (exact) mass is 342 g/mol. The lowest BCUT2D eigenvalue weighted by Gasteiger charge is -2.37. The van der Waals surface area contributed by atoms with Crippen LogP contribution in [0.1, 0.15) is 40.5 Å². The topological polar surface area (TPSA) is 47.9 Å². The zero-order valence-electron chi connectivity index (χ0n) is 14.7. The van der Waals surface area contributed by atoms with E-state index in [4.69, 9.17) is 14.1 Å². The summed E-state index contributed by atoms with van der Waals surface area (Å²) < 4.78 is 44.9. The maximum atomic E-state index is 14.2. The average Bonchev–Trinajstić information content (AvgIpc) is 2.46. The molecule has 1 aliphatic rings. The number of hydrogen-bond donors (Lipinski definition) is 1. The lowest BCUT2D eigenvalue weighted by atomic mass is 9.82. The molecular formula is C17H25BF2O4. The van der Waals surface area contributed by atoms with Gasteiger partial charge in [0.2, 0.25) is 0 Å². The molecule has 0 aromatic heterocycles. The van der Waals surface area contributed by atoms with Gasteiger partial charge in [-0.2, -0.15) is 0 Å². The van der Waals surface area contributed by atoms with Crippen LogP contribution in [0, 0.1) is 11.6 Å². The average molecular weight is 342 g/mol. The number of ether oxygens (including phenoxy) is 2. The van der Waals surface area contributed by atoms with E-state index < -0.39 is 22.8 Å². The summed E-state index contributed by atoms with van der Waals surface area (Å²) in [5, 5.41) is 10.0. The predicted molar refractivity (Wildman–Crippen MR) is 89.1 cm³/mol. The molecule has 1 unspecified atom stereocenters. The number of aliphatic hydroxyl groups is 1. The van der Waals surface area contributed by atoms with E-state index in [0.717, 1.165) is 25.0 Å². The first kappa shape index (κ1) is 19.2. The van der Waals surface area contributed by atoms with Gasteiger partial charge < -0.3 is 19.2 Å². The van der Waals surface area contributed by atoms with Crippen LogP contribution in [0.5, 0.6) is 5.75 Å². The zero-order valence-corrected chi connectivity index (χ0v) is 14.7. The molecule has 0 aliphatic carbocycles. The lowest BCUT2D eigenvalue weighted by Crippen LogP contribution is -2.49. The van der Waals surface area contributed by atoms with Gasteiger partial charge >= 0.3 is 7.48 Å². The molecule has 24 heavy (non-hydrogen) atoms. The van der Waals surface area contributed by atoms with Crippen LogP contribution in [-0.2, 0) is 9.39 Å². The molecule has 1 aromatic carbocycles. The highest BCUT2D eigenvalue weighted by molar-refractivity contribution is 6.47. The molecule has 1 N–H and O–H groups in total. The van der Waals surface area contributed by atoms with Crippen molar-refractivity contribution in [2.75, 3.05) is 13.2 Å². The van der Waals surface area contributed by atoms with Crippen LogP contribution in [0.25, 0.3) is 0 Å². The lowest BCUT2D eigenvalue weighted by molar-refractivity contribution is -0.0894. The normalized spacial score (nSPS) is 19.2. The largest absolute Gasteiger partial charge is 0.488 e. The van der Waals surface area contributed by atoms with Gasteiger partial charge in [-0.1, -0.05) is 0 Å². The van der Waals surface area contributed by atoms with Crippen molar-refractivity contribution in [3.8, 4) is 5.75 Å². The smallest absolute Gasteiger partial charge is 0.315 e. The molecule has 0 spiro atoms. The third kappa shape index (κ3) is 4.68. The Labute approximate surface area is 142 Å². The number of halogens is 2. The van der Waals surface area contributed by atoms with Gasteiger partial charge in [-0.15, -0.1) is 0 Å². The van der Waals surface area contributed by atoms with Crippen molar-refractivity contribution in [1.82, 2.24) is 0 Å².